The summed E-state index contributed by atoms with van der Waals surface area (Å²) in [4.78, 5) is 17.5. The molecule has 1 N–H and O–H groups in total. The number of carbonyl (C=O) groups is 1. The van der Waals surface area contributed by atoms with E-state index in [0.29, 0.717) is 30.3 Å². The van der Waals surface area contributed by atoms with Crippen LogP contribution in [-0.4, -0.2) is 47.0 Å². The maximum atomic E-state index is 13.1. The number of sulfonamides is 1. The number of nitrogens with one attached hydrogen (secondary N) is 1. The van der Waals surface area contributed by atoms with Gasteiger partial charge in [-0.3, -0.25) is 4.79 Å². The van der Waals surface area contributed by atoms with Crippen molar-refractivity contribution in [3.63, 3.8) is 0 Å². The Morgan fingerprint density at radius 3 is 2.58 bits per heavy atom. The van der Waals surface area contributed by atoms with Crippen molar-refractivity contribution in [2.75, 3.05) is 24.2 Å². The monoisotopic (exact) mass is 486 g/mol. The van der Waals surface area contributed by atoms with E-state index in [9.17, 15) is 13.2 Å². The number of carbonyl (C=O) groups excluding carboxylic acids is 1. The average Bonchev–Trinajstić information content (AvgIpc) is 3.17. The summed E-state index contributed by atoms with van der Waals surface area (Å²) in [5.41, 5.74) is 4.42. The van der Waals surface area contributed by atoms with Crippen molar-refractivity contribution >= 4 is 44.4 Å². The van der Waals surface area contributed by atoms with Gasteiger partial charge >= 0.3 is 0 Å². The highest BCUT2D eigenvalue weighted by Crippen LogP contribution is 2.28. The molecular formula is C24H30N4O3S2. The van der Waals surface area contributed by atoms with Crippen LogP contribution < -0.4 is 5.32 Å². The van der Waals surface area contributed by atoms with Crippen molar-refractivity contribution in [2.45, 2.75) is 56.6 Å². The summed E-state index contributed by atoms with van der Waals surface area (Å²) in [6.45, 7) is 7.79. The van der Waals surface area contributed by atoms with Crippen LogP contribution >= 0.6 is 11.8 Å². The zero-order chi connectivity index (χ0) is 23.6. The number of fused-ring (bicyclic) bond motifs is 1. The summed E-state index contributed by atoms with van der Waals surface area (Å²) in [5, 5.41) is 3.68. The van der Waals surface area contributed by atoms with Crippen LogP contribution in [0.5, 0.6) is 0 Å². The zero-order valence-corrected chi connectivity index (χ0v) is 20.9. The minimum Gasteiger partial charge on any atom is -0.325 e. The van der Waals surface area contributed by atoms with Gasteiger partial charge in [0, 0.05) is 25.3 Å². The lowest BCUT2D eigenvalue weighted by Crippen LogP contribution is -2.35. The summed E-state index contributed by atoms with van der Waals surface area (Å²) in [7, 11) is -3.52. The molecule has 0 saturated carbocycles. The Labute approximate surface area is 199 Å². The number of hydrogen-bond acceptors (Lipinski definition) is 5. The summed E-state index contributed by atoms with van der Waals surface area (Å²) in [6.07, 6.45) is 2.87. The molecule has 1 aliphatic rings. The molecule has 9 heteroatoms. The van der Waals surface area contributed by atoms with Crippen LogP contribution in [-0.2, 0) is 21.4 Å². The summed E-state index contributed by atoms with van der Waals surface area (Å²) in [5.74, 6) is 0.118. The Morgan fingerprint density at radius 1 is 1.09 bits per heavy atom. The van der Waals surface area contributed by atoms with Crippen molar-refractivity contribution in [1.82, 2.24) is 13.9 Å². The van der Waals surface area contributed by atoms with Gasteiger partial charge in [-0.25, -0.2) is 13.4 Å². The third-order valence-electron chi connectivity index (χ3n) is 5.95. The molecule has 1 saturated heterocycles. The van der Waals surface area contributed by atoms with Crippen molar-refractivity contribution in [3.8, 4) is 0 Å². The Morgan fingerprint density at radius 2 is 1.85 bits per heavy atom. The fraction of sp³-hybridized carbons (Fsp3) is 0.417. The van der Waals surface area contributed by atoms with E-state index in [1.54, 1.807) is 16.4 Å². The third kappa shape index (κ3) is 5.10. The van der Waals surface area contributed by atoms with Gasteiger partial charge in [0.2, 0.25) is 15.9 Å². The Kier molecular flexibility index (Phi) is 7.11. The van der Waals surface area contributed by atoms with Crippen molar-refractivity contribution in [3.05, 3.63) is 47.5 Å². The second-order valence-corrected chi connectivity index (χ2v) is 11.3. The average molecular weight is 487 g/mol. The highest BCUT2D eigenvalue weighted by molar-refractivity contribution is 7.99. The number of amides is 1. The molecule has 2 aromatic carbocycles. The molecule has 1 fully saturated rings. The number of thioether (sulfide) groups is 1. The Hall–Kier alpha value is -2.36. The van der Waals surface area contributed by atoms with Gasteiger partial charge in [-0.1, -0.05) is 30.3 Å². The maximum Gasteiger partial charge on any atom is 0.243 e. The van der Waals surface area contributed by atoms with E-state index in [0.717, 1.165) is 41.6 Å². The van der Waals surface area contributed by atoms with Crippen molar-refractivity contribution in [1.29, 1.82) is 0 Å². The first-order chi connectivity index (χ1) is 15.8. The molecule has 4 rings (SSSR count). The van der Waals surface area contributed by atoms with Gasteiger partial charge in [-0.15, -0.1) is 0 Å². The fourth-order valence-electron chi connectivity index (χ4n) is 4.10. The van der Waals surface area contributed by atoms with Crippen LogP contribution in [0, 0.1) is 13.8 Å². The first-order valence-corrected chi connectivity index (χ1v) is 13.7. The molecule has 3 aromatic rings. The normalized spacial score (nSPS) is 15.1. The van der Waals surface area contributed by atoms with E-state index in [1.807, 2.05) is 49.6 Å². The van der Waals surface area contributed by atoms with Gasteiger partial charge in [-0.2, -0.15) is 4.31 Å². The number of benzene rings is 2. The number of aromatic nitrogens is 2. The van der Waals surface area contributed by atoms with E-state index in [-0.39, 0.29) is 16.6 Å². The van der Waals surface area contributed by atoms with Gasteiger partial charge in [0.15, 0.2) is 5.16 Å². The molecule has 1 amide bonds. The predicted octanol–water partition coefficient (Wildman–Crippen LogP) is 4.58. The number of rotatable bonds is 7. The molecule has 0 bridgehead atoms. The lowest BCUT2D eigenvalue weighted by atomic mass is 10.1. The maximum absolute atomic E-state index is 13.1. The number of nitrogens with zero attached hydrogens (tertiary/aromatic N) is 3. The summed E-state index contributed by atoms with van der Waals surface area (Å²) >= 11 is 1.36. The molecule has 1 aromatic heterocycles. The van der Waals surface area contributed by atoms with E-state index < -0.39 is 10.0 Å². The standard InChI is InChI=1S/C24H30N4O3S2/c1-4-28-22-11-10-19(33(30,31)27-12-6-5-7-13-27)15-21(22)26-24(28)32-16-23(29)25-20-14-17(2)8-9-18(20)3/h8-11,14-15H,4-7,12-13,16H2,1-3H3,(H,25,29). The minimum absolute atomic E-state index is 0.100. The minimum atomic E-state index is -3.52. The lowest BCUT2D eigenvalue weighted by molar-refractivity contribution is -0.113. The van der Waals surface area contributed by atoms with Crippen LogP contribution in [0.4, 0.5) is 5.69 Å². The molecule has 33 heavy (non-hydrogen) atoms. The van der Waals surface area contributed by atoms with Crippen LogP contribution in [0.25, 0.3) is 11.0 Å². The molecular weight excluding hydrogens is 456 g/mol. The van der Waals surface area contributed by atoms with E-state index in [2.05, 4.69) is 10.3 Å². The first-order valence-electron chi connectivity index (χ1n) is 11.3. The van der Waals surface area contributed by atoms with Gasteiger partial charge in [0.1, 0.15) is 0 Å². The molecule has 0 aliphatic carbocycles. The largest absolute Gasteiger partial charge is 0.325 e. The lowest BCUT2D eigenvalue weighted by Gasteiger charge is -2.25. The van der Waals surface area contributed by atoms with Crippen molar-refractivity contribution in [2.24, 2.45) is 0 Å². The quantitative estimate of drug-likeness (QED) is 0.494. The van der Waals surface area contributed by atoms with Crippen LogP contribution in [0.15, 0.2) is 46.5 Å². The number of piperidine rings is 1. The van der Waals surface area contributed by atoms with Gasteiger partial charge in [0.25, 0.3) is 0 Å². The number of hydrogen-bond donors (Lipinski definition) is 1. The molecule has 2 heterocycles. The highest BCUT2D eigenvalue weighted by Gasteiger charge is 2.26. The SMILES string of the molecule is CCn1c(SCC(=O)Nc2cc(C)ccc2C)nc2cc(S(=O)(=O)N3CCCCC3)ccc21. The number of imidazole rings is 1. The predicted molar refractivity (Wildman–Crippen MR) is 133 cm³/mol. The third-order valence-corrected chi connectivity index (χ3v) is 8.82. The van der Waals surface area contributed by atoms with E-state index in [1.165, 1.54) is 11.8 Å². The molecule has 0 atom stereocenters. The summed E-state index contributed by atoms with van der Waals surface area (Å²) in [6, 6.07) is 11.1. The van der Waals surface area contributed by atoms with E-state index >= 15 is 0 Å². The summed E-state index contributed by atoms with van der Waals surface area (Å²) < 4.78 is 29.7. The zero-order valence-electron chi connectivity index (χ0n) is 19.3. The first kappa shape index (κ1) is 23.8. The Bertz CT molecular complexity index is 1280. The number of anilines is 1. The smallest absolute Gasteiger partial charge is 0.243 e. The van der Waals surface area contributed by atoms with E-state index in [4.69, 9.17) is 0 Å². The highest BCUT2D eigenvalue weighted by atomic mass is 32.2. The molecule has 7 nitrogen and oxygen atoms in total. The fourth-order valence-corrected chi connectivity index (χ4v) is 6.52. The van der Waals surface area contributed by atoms with Crippen LogP contribution in [0.1, 0.15) is 37.3 Å². The number of aryl methyl sites for hydroxylation is 3. The molecule has 0 unspecified atom stereocenters. The van der Waals surface area contributed by atoms with Crippen molar-refractivity contribution < 1.29 is 13.2 Å². The Balaban J connectivity index is 1.53. The van der Waals surface area contributed by atoms with Gasteiger partial charge in [0.05, 0.1) is 21.7 Å². The van der Waals surface area contributed by atoms with Crippen LogP contribution in [0.3, 0.4) is 0 Å². The topological polar surface area (TPSA) is 84.3 Å². The van der Waals surface area contributed by atoms with Gasteiger partial charge < -0.3 is 9.88 Å². The van der Waals surface area contributed by atoms with Crippen LogP contribution in [0.2, 0.25) is 0 Å². The molecule has 176 valence electrons. The molecule has 0 spiro atoms. The second-order valence-electron chi connectivity index (χ2n) is 8.41. The van der Waals surface area contributed by atoms with Gasteiger partial charge in [-0.05, 0) is 69.0 Å². The second kappa shape index (κ2) is 9.87. The molecule has 0 radical (unpaired) electrons. The molecule has 1 aliphatic heterocycles.